The Kier molecular flexibility index (Phi) is 3.65. The van der Waals surface area contributed by atoms with E-state index < -0.39 is 4.87 Å². The predicted molar refractivity (Wildman–Crippen MR) is 87.8 cm³/mol. The Hall–Kier alpha value is -1.80. The minimum atomic E-state index is -0.711. The summed E-state index contributed by atoms with van der Waals surface area (Å²) in [5.41, 5.74) is 0.678. The zero-order valence-corrected chi connectivity index (χ0v) is 13.9. The first-order valence-corrected chi connectivity index (χ1v) is 9.26. The van der Waals surface area contributed by atoms with E-state index in [1.807, 2.05) is 17.5 Å². The zero-order valence-electron chi connectivity index (χ0n) is 12.3. The van der Waals surface area contributed by atoms with Gasteiger partial charge in [-0.2, -0.15) is 0 Å². The third-order valence-electron chi connectivity index (χ3n) is 4.14. The maximum atomic E-state index is 12.6. The number of aromatic nitrogens is 1. The van der Waals surface area contributed by atoms with Crippen LogP contribution in [-0.4, -0.2) is 38.9 Å². The summed E-state index contributed by atoms with van der Waals surface area (Å²) in [6.07, 6.45) is 2.60. The number of nitrogens with zero attached hydrogens (tertiary/aromatic N) is 2. The van der Waals surface area contributed by atoms with Gasteiger partial charge in [0.25, 0.3) is 5.91 Å². The molecule has 0 spiro atoms. The molecule has 23 heavy (non-hydrogen) atoms. The van der Waals surface area contributed by atoms with Crippen LogP contribution >= 0.6 is 23.1 Å². The van der Waals surface area contributed by atoms with E-state index in [4.69, 9.17) is 4.42 Å². The minimum absolute atomic E-state index is 0.0755. The first kappa shape index (κ1) is 14.8. The standard InChI is InChI=1S/C15H15N3O3S2/c19-12-3-4-15(18(12)5-7-23-15)14(20)16-8-10-9-21-13(17-10)11-2-1-6-22-11/h1-2,6,9H,3-5,7-8H2,(H,16,20)/t15-/m0/s1. The Labute approximate surface area is 141 Å². The molecule has 1 N–H and O–H groups in total. The van der Waals surface area contributed by atoms with Gasteiger partial charge in [-0.1, -0.05) is 6.07 Å². The average Bonchev–Trinajstić information content (AvgIpc) is 3.31. The predicted octanol–water partition coefficient (Wildman–Crippen LogP) is 2.08. The van der Waals surface area contributed by atoms with Crippen molar-refractivity contribution in [3.8, 4) is 10.8 Å². The molecule has 0 aromatic carbocycles. The van der Waals surface area contributed by atoms with Crippen molar-refractivity contribution >= 4 is 34.9 Å². The number of carbonyl (C=O) groups excluding carboxylic acids is 2. The molecule has 0 unspecified atom stereocenters. The van der Waals surface area contributed by atoms with Crippen LogP contribution in [0.15, 0.2) is 28.2 Å². The van der Waals surface area contributed by atoms with Gasteiger partial charge in [0.05, 0.1) is 17.1 Å². The summed E-state index contributed by atoms with van der Waals surface area (Å²) in [5.74, 6) is 1.35. The second-order valence-electron chi connectivity index (χ2n) is 5.48. The first-order valence-electron chi connectivity index (χ1n) is 7.40. The van der Waals surface area contributed by atoms with Crippen LogP contribution in [0.2, 0.25) is 0 Å². The summed E-state index contributed by atoms with van der Waals surface area (Å²) in [5, 5.41) is 4.87. The summed E-state index contributed by atoms with van der Waals surface area (Å²) in [6.45, 7) is 0.960. The van der Waals surface area contributed by atoms with Crippen LogP contribution < -0.4 is 5.32 Å². The lowest BCUT2D eigenvalue weighted by Gasteiger charge is -2.29. The van der Waals surface area contributed by atoms with Gasteiger partial charge in [-0.15, -0.1) is 23.1 Å². The molecule has 0 saturated carbocycles. The monoisotopic (exact) mass is 349 g/mol. The van der Waals surface area contributed by atoms with Crippen molar-refractivity contribution in [3.63, 3.8) is 0 Å². The summed E-state index contributed by atoms with van der Waals surface area (Å²) in [7, 11) is 0. The average molecular weight is 349 g/mol. The number of amides is 2. The lowest BCUT2D eigenvalue weighted by molar-refractivity contribution is -0.135. The van der Waals surface area contributed by atoms with Crippen LogP contribution in [-0.2, 0) is 16.1 Å². The number of oxazole rings is 1. The normalized spacial score (nSPS) is 23.3. The number of thioether (sulfide) groups is 1. The molecule has 0 aliphatic carbocycles. The van der Waals surface area contributed by atoms with Crippen molar-refractivity contribution in [3.05, 3.63) is 29.5 Å². The van der Waals surface area contributed by atoms with Crippen molar-refractivity contribution in [1.29, 1.82) is 0 Å². The van der Waals surface area contributed by atoms with E-state index in [9.17, 15) is 9.59 Å². The summed E-state index contributed by atoms with van der Waals surface area (Å²) < 4.78 is 5.45. The molecule has 1 atom stereocenters. The molecular weight excluding hydrogens is 334 g/mol. The van der Waals surface area contributed by atoms with Gasteiger partial charge in [-0.25, -0.2) is 4.98 Å². The van der Waals surface area contributed by atoms with E-state index >= 15 is 0 Å². The molecule has 0 bridgehead atoms. The Morgan fingerprint density at radius 3 is 3.26 bits per heavy atom. The van der Waals surface area contributed by atoms with Gasteiger partial charge in [0, 0.05) is 18.7 Å². The van der Waals surface area contributed by atoms with E-state index in [1.54, 1.807) is 34.3 Å². The molecule has 2 aliphatic rings. The molecule has 120 valence electrons. The molecule has 2 aromatic rings. The third kappa shape index (κ3) is 2.46. The topological polar surface area (TPSA) is 75.4 Å². The molecule has 0 radical (unpaired) electrons. The SMILES string of the molecule is O=C1CC[C@@]2(C(=O)NCc3coc(-c4cccs4)n3)SCCN12. The Balaban J connectivity index is 1.43. The first-order chi connectivity index (χ1) is 11.2. The van der Waals surface area contributed by atoms with Gasteiger partial charge in [0.15, 0.2) is 4.87 Å². The fourth-order valence-electron chi connectivity index (χ4n) is 3.02. The van der Waals surface area contributed by atoms with Crippen LogP contribution in [0.1, 0.15) is 18.5 Å². The highest BCUT2D eigenvalue weighted by atomic mass is 32.2. The van der Waals surface area contributed by atoms with Crippen molar-refractivity contribution < 1.29 is 14.0 Å². The van der Waals surface area contributed by atoms with Gasteiger partial charge in [0.2, 0.25) is 11.8 Å². The summed E-state index contributed by atoms with van der Waals surface area (Å²) >= 11 is 3.12. The quantitative estimate of drug-likeness (QED) is 0.915. The van der Waals surface area contributed by atoms with Gasteiger partial charge >= 0.3 is 0 Å². The van der Waals surface area contributed by atoms with Crippen LogP contribution in [0.4, 0.5) is 0 Å². The number of hydrogen-bond donors (Lipinski definition) is 1. The lowest BCUT2D eigenvalue weighted by atomic mass is 10.2. The fraction of sp³-hybridized carbons (Fsp3) is 0.400. The van der Waals surface area contributed by atoms with E-state index in [-0.39, 0.29) is 11.8 Å². The molecule has 2 aliphatic heterocycles. The van der Waals surface area contributed by atoms with E-state index in [1.165, 1.54) is 0 Å². The Morgan fingerprint density at radius 2 is 2.43 bits per heavy atom. The number of thiophene rings is 1. The molecule has 2 fully saturated rings. The summed E-state index contributed by atoms with van der Waals surface area (Å²) in [6, 6.07) is 3.88. The molecule has 2 saturated heterocycles. The third-order valence-corrected chi connectivity index (χ3v) is 6.47. The maximum Gasteiger partial charge on any atom is 0.256 e. The maximum absolute atomic E-state index is 12.6. The molecule has 8 heteroatoms. The highest BCUT2D eigenvalue weighted by Crippen LogP contribution is 2.44. The number of fused-ring (bicyclic) bond motifs is 1. The molecule has 4 heterocycles. The van der Waals surface area contributed by atoms with Crippen LogP contribution in [0.5, 0.6) is 0 Å². The zero-order chi connectivity index (χ0) is 15.9. The van der Waals surface area contributed by atoms with Crippen molar-refractivity contribution in [2.75, 3.05) is 12.3 Å². The van der Waals surface area contributed by atoms with Crippen LogP contribution in [0.3, 0.4) is 0 Å². The molecule has 2 amide bonds. The van der Waals surface area contributed by atoms with Gasteiger partial charge in [0.1, 0.15) is 6.26 Å². The van der Waals surface area contributed by atoms with Crippen LogP contribution in [0.25, 0.3) is 10.8 Å². The molecule has 2 aromatic heterocycles. The van der Waals surface area contributed by atoms with Crippen LogP contribution in [0, 0.1) is 0 Å². The van der Waals surface area contributed by atoms with Gasteiger partial charge in [-0.05, 0) is 17.9 Å². The van der Waals surface area contributed by atoms with Gasteiger partial charge < -0.3 is 14.6 Å². The van der Waals surface area contributed by atoms with Gasteiger partial charge in [-0.3, -0.25) is 9.59 Å². The second kappa shape index (κ2) is 5.68. The van der Waals surface area contributed by atoms with E-state index in [2.05, 4.69) is 10.3 Å². The fourth-order valence-corrected chi connectivity index (χ4v) is 5.09. The number of nitrogens with one attached hydrogen (secondary N) is 1. The Morgan fingerprint density at radius 1 is 1.52 bits per heavy atom. The van der Waals surface area contributed by atoms with Crippen molar-refractivity contribution in [2.45, 2.75) is 24.3 Å². The van der Waals surface area contributed by atoms with E-state index in [0.29, 0.717) is 37.5 Å². The number of carbonyl (C=O) groups is 2. The molecule has 4 rings (SSSR count). The highest BCUT2D eigenvalue weighted by Gasteiger charge is 2.54. The largest absolute Gasteiger partial charge is 0.443 e. The smallest absolute Gasteiger partial charge is 0.256 e. The molecular formula is C15H15N3O3S2. The number of rotatable bonds is 4. The lowest BCUT2D eigenvalue weighted by Crippen LogP contribution is -2.50. The Bertz CT molecular complexity index is 743. The van der Waals surface area contributed by atoms with E-state index in [0.717, 1.165) is 10.6 Å². The van der Waals surface area contributed by atoms with Crippen molar-refractivity contribution in [1.82, 2.24) is 15.2 Å². The minimum Gasteiger partial charge on any atom is -0.443 e. The second-order valence-corrected chi connectivity index (χ2v) is 7.80. The molecule has 6 nitrogen and oxygen atoms in total. The summed E-state index contributed by atoms with van der Waals surface area (Å²) in [4.78, 5) is 30.9. The highest BCUT2D eigenvalue weighted by molar-refractivity contribution is 8.01. The number of hydrogen-bond acceptors (Lipinski definition) is 6. The van der Waals surface area contributed by atoms with Crippen molar-refractivity contribution in [2.24, 2.45) is 0 Å².